The molecule has 0 spiro atoms. The smallest absolute Gasteiger partial charge is 0.337 e. The lowest BCUT2D eigenvalue weighted by atomic mass is 10.0. The number of carboxylic acid groups (broad SMARTS) is 1. The Labute approximate surface area is 220 Å². The zero-order chi connectivity index (χ0) is 26.4. The van der Waals surface area contributed by atoms with E-state index in [9.17, 15) is 14.7 Å². The van der Waals surface area contributed by atoms with Gasteiger partial charge in [0.2, 0.25) is 5.95 Å². The molecule has 2 aliphatic rings. The number of anilines is 2. The second-order valence-electron chi connectivity index (χ2n) is 10.2. The topological polar surface area (TPSA) is 96.7 Å². The van der Waals surface area contributed by atoms with E-state index in [1.807, 2.05) is 42.7 Å². The molecule has 2 aliphatic heterocycles. The number of para-hydroxylation sites is 1. The highest BCUT2D eigenvalue weighted by Gasteiger charge is 2.30. The Hall–Kier alpha value is -4.17. The highest BCUT2D eigenvalue weighted by atomic mass is 16.5. The standard InChI is InChI=1S/C30H30N4O4/c1-18-13-24(19(2)31-26-10-6-5-9-23(26)29(36)37)27-25(14-18)28(35)34(22-11-12-38-17-22)30(32-27)33-15-20-7-3-4-8-21(20)16-33/h3-10,13-14,19,22,31H,11-12,15-17H2,1-2H3,(H,36,37)/t19?,22-/m0/s1. The first-order valence-electron chi connectivity index (χ1n) is 13.0. The molecular weight excluding hydrogens is 480 g/mol. The van der Waals surface area contributed by atoms with Crippen LogP contribution in [0.1, 0.15) is 58.0 Å². The number of aromatic carboxylic acids is 1. The van der Waals surface area contributed by atoms with Gasteiger partial charge in [0.1, 0.15) is 0 Å². The number of rotatable bonds is 6. The number of fused-ring (bicyclic) bond motifs is 2. The van der Waals surface area contributed by atoms with Gasteiger partial charge in [0.05, 0.1) is 35.2 Å². The van der Waals surface area contributed by atoms with Crippen molar-refractivity contribution in [3.05, 3.63) is 98.8 Å². The molecule has 8 nitrogen and oxygen atoms in total. The van der Waals surface area contributed by atoms with Crippen molar-refractivity contribution in [1.29, 1.82) is 0 Å². The number of nitrogens with one attached hydrogen (secondary N) is 1. The molecular formula is C30H30N4O4. The van der Waals surface area contributed by atoms with E-state index in [0.717, 1.165) is 17.5 Å². The van der Waals surface area contributed by atoms with E-state index in [1.54, 1.807) is 24.3 Å². The van der Waals surface area contributed by atoms with Crippen LogP contribution in [-0.4, -0.2) is 33.8 Å². The summed E-state index contributed by atoms with van der Waals surface area (Å²) in [5.41, 5.74) is 5.56. The van der Waals surface area contributed by atoms with Crippen molar-refractivity contribution in [1.82, 2.24) is 9.55 Å². The molecule has 1 unspecified atom stereocenters. The Kier molecular flexibility index (Phi) is 6.12. The van der Waals surface area contributed by atoms with Crippen LogP contribution in [0.4, 0.5) is 11.6 Å². The van der Waals surface area contributed by atoms with Crippen LogP contribution < -0.4 is 15.8 Å². The van der Waals surface area contributed by atoms with E-state index in [-0.39, 0.29) is 23.2 Å². The molecule has 4 aromatic rings. The number of hydrogen-bond acceptors (Lipinski definition) is 6. The summed E-state index contributed by atoms with van der Waals surface area (Å²) in [6.07, 6.45) is 0.767. The minimum Gasteiger partial charge on any atom is -0.478 e. The molecule has 1 fully saturated rings. The molecule has 1 aromatic heterocycles. The fraction of sp³-hybridized carbons (Fsp3) is 0.300. The first-order chi connectivity index (χ1) is 18.4. The monoisotopic (exact) mass is 510 g/mol. The fourth-order valence-corrected chi connectivity index (χ4v) is 5.66. The van der Waals surface area contributed by atoms with Gasteiger partial charge in [0.15, 0.2) is 0 Å². The van der Waals surface area contributed by atoms with Crippen molar-refractivity contribution in [3.8, 4) is 0 Å². The van der Waals surface area contributed by atoms with Crippen LogP contribution in [0, 0.1) is 6.92 Å². The van der Waals surface area contributed by atoms with Crippen LogP contribution in [0.15, 0.2) is 65.5 Å². The van der Waals surface area contributed by atoms with Crippen molar-refractivity contribution in [2.24, 2.45) is 0 Å². The number of aryl methyl sites for hydroxylation is 1. The average molecular weight is 511 g/mol. The largest absolute Gasteiger partial charge is 0.478 e. The van der Waals surface area contributed by atoms with Crippen LogP contribution in [0.5, 0.6) is 0 Å². The summed E-state index contributed by atoms with van der Waals surface area (Å²) in [7, 11) is 0. The predicted molar refractivity (Wildman–Crippen MR) is 147 cm³/mol. The van der Waals surface area contributed by atoms with Gasteiger partial charge in [-0.05, 0) is 55.2 Å². The Balaban J connectivity index is 1.50. The maximum absolute atomic E-state index is 14.1. The van der Waals surface area contributed by atoms with Crippen molar-refractivity contribution < 1.29 is 14.6 Å². The van der Waals surface area contributed by atoms with Gasteiger partial charge in [0.25, 0.3) is 5.56 Å². The van der Waals surface area contributed by atoms with Crippen LogP contribution in [0.2, 0.25) is 0 Å². The summed E-state index contributed by atoms with van der Waals surface area (Å²) in [4.78, 5) is 33.3. The summed E-state index contributed by atoms with van der Waals surface area (Å²) in [5.74, 6) is -0.345. The quantitative estimate of drug-likeness (QED) is 0.374. The van der Waals surface area contributed by atoms with Gasteiger partial charge >= 0.3 is 5.97 Å². The van der Waals surface area contributed by atoms with E-state index in [1.165, 1.54) is 11.1 Å². The van der Waals surface area contributed by atoms with Crippen molar-refractivity contribution >= 4 is 28.5 Å². The maximum Gasteiger partial charge on any atom is 0.337 e. The lowest BCUT2D eigenvalue weighted by Crippen LogP contribution is -2.33. The zero-order valence-electron chi connectivity index (χ0n) is 21.5. The van der Waals surface area contributed by atoms with Crippen LogP contribution in [-0.2, 0) is 17.8 Å². The van der Waals surface area contributed by atoms with E-state index < -0.39 is 5.97 Å². The first-order valence-corrected chi connectivity index (χ1v) is 13.0. The average Bonchev–Trinajstić information content (AvgIpc) is 3.59. The number of aromatic nitrogens is 2. The van der Waals surface area contributed by atoms with Gasteiger partial charge in [-0.1, -0.05) is 42.5 Å². The molecule has 3 aromatic carbocycles. The highest BCUT2D eigenvalue weighted by Crippen LogP contribution is 2.33. The van der Waals surface area contributed by atoms with Gasteiger partial charge in [-0.2, -0.15) is 0 Å². The number of ether oxygens (including phenoxy) is 1. The minimum atomic E-state index is -0.995. The molecule has 2 atom stereocenters. The lowest BCUT2D eigenvalue weighted by Gasteiger charge is -2.26. The molecule has 0 amide bonds. The van der Waals surface area contributed by atoms with Gasteiger partial charge in [-0.25, -0.2) is 9.78 Å². The highest BCUT2D eigenvalue weighted by molar-refractivity contribution is 5.94. The molecule has 0 radical (unpaired) electrons. The number of hydrogen-bond donors (Lipinski definition) is 2. The molecule has 2 N–H and O–H groups in total. The molecule has 38 heavy (non-hydrogen) atoms. The molecule has 0 saturated carbocycles. The Morgan fingerprint density at radius 2 is 1.82 bits per heavy atom. The molecule has 194 valence electrons. The van der Waals surface area contributed by atoms with Crippen molar-refractivity contribution in [3.63, 3.8) is 0 Å². The molecule has 0 aliphatic carbocycles. The zero-order valence-corrected chi connectivity index (χ0v) is 21.5. The Morgan fingerprint density at radius 1 is 1.11 bits per heavy atom. The number of carbonyl (C=O) groups is 1. The van der Waals surface area contributed by atoms with Gasteiger partial charge in [-0.3, -0.25) is 9.36 Å². The van der Waals surface area contributed by atoms with E-state index >= 15 is 0 Å². The Morgan fingerprint density at radius 3 is 2.50 bits per heavy atom. The van der Waals surface area contributed by atoms with Gasteiger partial charge in [0, 0.05) is 30.9 Å². The normalized spacial score (nSPS) is 17.5. The van der Waals surface area contributed by atoms with Crippen LogP contribution >= 0.6 is 0 Å². The molecule has 6 rings (SSSR count). The number of benzene rings is 3. The third-order valence-electron chi connectivity index (χ3n) is 7.55. The van der Waals surface area contributed by atoms with Gasteiger partial charge < -0.3 is 20.1 Å². The SMILES string of the molecule is Cc1cc(C(C)Nc2ccccc2C(=O)O)c2nc(N3Cc4ccccc4C3)n([C@H]3CCOC3)c(=O)c2c1. The van der Waals surface area contributed by atoms with Crippen LogP contribution in [0.25, 0.3) is 10.9 Å². The van der Waals surface area contributed by atoms with Crippen LogP contribution in [0.3, 0.4) is 0 Å². The second-order valence-corrected chi connectivity index (χ2v) is 10.2. The van der Waals surface area contributed by atoms with E-state index in [4.69, 9.17) is 9.72 Å². The second kappa shape index (κ2) is 9.61. The fourth-order valence-electron chi connectivity index (χ4n) is 5.66. The van der Waals surface area contributed by atoms with E-state index in [2.05, 4.69) is 22.3 Å². The molecule has 8 heteroatoms. The van der Waals surface area contributed by atoms with Crippen molar-refractivity contribution in [2.75, 3.05) is 23.4 Å². The minimum absolute atomic E-state index is 0.0694. The van der Waals surface area contributed by atoms with Crippen molar-refractivity contribution in [2.45, 2.75) is 45.4 Å². The molecule has 3 heterocycles. The third-order valence-corrected chi connectivity index (χ3v) is 7.55. The van der Waals surface area contributed by atoms with Gasteiger partial charge in [-0.15, -0.1) is 0 Å². The number of nitrogens with zero attached hydrogens (tertiary/aromatic N) is 3. The summed E-state index contributed by atoms with van der Waals surface area (Å²) in [5, 5.41) is 13.6. The lowest BCUT2D eigenvalue weighted by molar-refractivity contribution is 0.0698. The summed E-state index contributed by atoms with van der Waals surface area (Å²) in [6.45, 7) is 6.41. The summed E-state index contributed by atoms with van der Waals surface area (Å²) >= 11 is 0. The first kappa shape index (κ1) is 24.2. The summed E-state index contributed by atoms with van der Waals surface area (Å²) < 4.78 is 7.51. The Bertz CT molecular complexity index is 1580. The summed E-state index contributed by atoms with van der Waals surface area (Å²) in [6, 6.07) is 18.7. The predicted octanol–water partition coefficient (Wildman–Crippen LogP) is 5.06. The van der Waals surface area contributed by atoms with E-state index in [0.29, 0.717) is 48.8 Å². The third kappa shape index (κ3) is 4.20. The maximum atomic E-state index is 14.1. The molecule has 1 saturated heterocycles. The number of carboxylic acids is 1. The molecule has 0 bridgehead atoms.